The minimum atomic E-state index is -0.315. The van der Waals surface area contributed by atoms with Gasteiger partial charge < -0.3 is 15.0 Å². The Labute approximate surface area is 152 Å². The molecule has 0 aliphatic carbocycles. The van der Waals surface area contributed by atoms with Crippen molar-refractivity contribution < 1.29 is 9.53 Å². The summed E-state index contributed by atoms with van der Waals surface area (Å²) in [6.07, 6.45) is 3.31. The Hall–Kier alpha value is -2.32. The van der Waals surface area contributed by atoms with Gasteiger partial charge in [-0.05, 0) is 31.2 Å². The maximum Gasteiger partial charge on any atom is 0.332 e. The highest BCUT2D eigenvalue weighted by molar-refractivity contribution is 7.78. The summed E-state index contributed by atoms with van der Waals surface area (Å²) >= 11 is 4.23. The van der Waals surface area contributed by atoms with E-state index in [4.69, 9.17) is 4.74 Å². The number of morpholine rings is 1. The van der Waals surface area contributed by atoms with E-state index in [0.717, 1.165) is 43.4 Å². The van der Waals surface area contributed by atoms with E-state index in [9.17, 15) is 4.79 Å². The fourth-order valence-corrected chi connectivity index (χ4v) is 2.69. The predicted octanol–water partition coefficient (Wildman–Crippen LogP) is 2.50. The maximum absolute atomic E-state index is 12.2. The molecule has 0 atom stereocenters. The second kappa shape index (κ2) is 8.17. The van der Waals surface area contributed by atoms with Gasteiger partial charge in [-0.3, -0.25) is 14.3 Å². The van der Waals surface area contributed by atoms with Gasteiger partial charge in [0, 0.05) is 30.7 Å². The summed E-state index contributed by atoms with van der Waals surface area (Å²) in [5.74, 6) is 0. The number of rotatable bonds is 4. The maximum atomic E-state index is 12.2. The highest BCUT2D eigenvalue weighted by Crippen LogP contribution is 2.19. The van der Waals surface area contributed by atoms with Crippen molar-refractivity contribution in [3.05, 3.63) is 48.0 Å². The Balaban J connectivity index is 1.55. The molecule has 0 unspecified atom stereocenters. The number of anilines is 2. The van der Waals surface area contributed by atoms with Crippen LogP contribution in [0.5, 0.6) is 0 Å². The molecule has 8 heteroatoms. The number of hydrogen-bond donors (Lipinski definition) is 2. The van der Waals surface area contributed by atoms with Crippen LogP contribution in [0.2, 0.25) is 0 Å². The van der Waals surface area contributed by atoms with Crippen molar-refractivity contribution in [3.8, 4) is 0 Å². The standard InChI is InChI=1S/C17H21N5O2S/c1-13-10-19-15(11-18-13)12-22(25)17(23)20-14-2-4-16(5-3-14)21-6-8-24-9-7-21/h2-5,10-11,25H,6-9,12H2,1H3,(H,20,23). The first-order chi connectivity index (χ1) is 12.1. The number of amides is 2. The molecule has 1 aromatic heterocycles. The fourth-order valence-electron chi connectivity index (χ4n) is 2.49. The van der Waals surface area contributed by atoms with E-state index in [2.05, 4.69) is 33.0 Å². The van der Waals surface area contributed by atoms with Gasteiger partial charge in [-0.2, -0.15) is 0 Å². The quantitative estimate of drug-likeness (QED) is 0.821. The number of benzene rings is 1. The molecule has 1 fully saturated rings. The molecule has 2 heterocycles. The van der Waals surface area contributed by atoms with Gasteiger partial charge >= 0.3 is 6.03 Å². The largest absolute Gasteiger partial charge is 0.378 e. The lowest BCUT2D eigenvalue weighted by atomic mass is 10.2. The number of hydrogen-bond acceptors (Lipinski definition) is 6. The zero-order valence-electron chi connectivity index (χ0n) is 14.1. The smallest absolute Gasteiger partial charge is 0.332 e. The van der Waals surface area contributed by atoms with Crippen LogP contribution in [0.1, 0.15) is 11.4 Å². The Morgan fingerprint density at radius 3 is 2.60 bits per heavy atom. The first-order valence-electron chi connectivity index (χ1n) is 8.09. The summed E-state index contributed by atoms with van der Waals surface area (Å²) in [7, 11) is 0. The number of aryl methyl sites for hydroxylation is 1. The molecule has 2 amide bonds. The van der Waals surface area contributed by atoms with E-state index in [1.165, 1.54) is 4.31 Å². The Morgan fingerprint density at radius 2 is 1.96 bits per heavy atom. The first-order valence-corrected chi connectivity index (χ1v) is 8.49. The molecule has 132 valence electrons. The molecule has 0 spiro atoms. The first kappa shape index (κ1) is 17.5. The van der Waals surface area contributed by atoms with Gasteiger partial charge in [0.2, 0.25) is 0 Å². The number of ether oxygens (including phenoxy) is 1. The summed E-state index contributed by atoms with van der Waals surface area (Å²) in [6.45, 7) is 5.39. The van der Waals surface area contributed by atoms with E-state index in [0.29, 0.717) is 5.69 Å². The van der Waals surface area contributed by atoms with E-state index in [1.54, 1.807) is 12.4 Å². The lowest BCUT2D eigenvalue weighted by molar-refractivity contribution is 0.122. The van der Waals surface area contributed by atoms with Crippen molar-refractivity contribution in [2.45, 2.75) is 13.5 Å². The molecule has 1 aliphatic rings. The molecule has 7 nitrogen and oxygen atoms in total. The number of carbonyl (C=O) groups excluding carboxylic acids is 1. The van der Waals surface area contributed by atoms with Gasteiger partial charge in [0.1, 0.15) is 0 Å². The average molecular weight is 359 g/mol. The van der Waals surface area contributed by atoms with E-state index in [-0.39, 0.29) is 12.6 Å². The van der Waals surface area contributed by atoms with Crippen LogP contribution in [0, 0.1) is 6.92 Å². The molecule has 0 radical (unpaired) electrons. The Kier molecular flexibility index (Phi) is 5.72. The number of urea groups is 1. The van der Waals surface area contributed by atoms with Gasteiger partial charge in [0.05, 0.1) is 37.3 Å². The summed E-state index contributed by atoms with van der Waals surface area (Å²) in [5.41, 5.74) is 3.35. The number of carbonyl (C=O) groups is 1. The molecule has 2 aromatic rings. The minimum Gasteiger partial charge on any atom is -0.378 e. The van der Waals surface area contributed by atoms with Crippen molar-refractivity contribution in [1.82, 2.24) is 14.3 Å². The SMILES string of the molecule is Cc1cnc(CN(S)C(=O)Nc2ccc(N3CCOCC3)cc2)cn1. The third-order valence-corrected chi connectivity index (χ3v) is 4.20. The Bertz CT molecular complexity index is 702. The molecule has 1 N–H and O–H groups in total. The van der Waals surface area contributed by atoms with Crippen molar-refractivity contribution in [1.29, 1.82) is 0 Å². The van der Waals surface area contributed by atoms with Crippen LogP contribution in [-0.4, -0.2) is 46.6 Å². The number of nitrogens with one attached hydrogen (secondary N) is 1. The second-order valence-electron chi connectivity index (χ2n) is 5.78. The lowest BCUT2D eigenvalue weighted by Crippen LogP contribution is -2.36. The highest BCUT2D eigenvalue weighted by atomic mass is 32.1. The second-order valence-corrected chi connectivity index (χ2v) is 6.27. The van der Waals surface area contributed by atoms with Crippen LogP contribution in [0.4, 0.5) is 16.2 Å². The van der Waals surface area contributed by atoms with Crippen molar-refractivity contribution in [2.24, 2.45) is 0 Å². The summed E-state index contributed by atoms with van der Waals surface area (Å²) in [5, 5.41) is 2.82. The van der Waals surface area contributed by atoms with Crippen molar-refractivity contribution >= 4 is 30.2 Å². The molecule has 0 bridgehead atoms. The van der Waals surface area contributed by atoms with Crippen molar-refractivity contribution in [3.63, 3.8) is 0 Å². The molecular formula is C17H21N5O2S. The molecule has 3 rings (SSSR count). The third-order valence-electron chi connectivity index (χ3n) is 3.88. The van der Waals surface area contributed by atoms with Crippen LogP contribution >= 0.6 is 12.8 Å². The fraction of sp³-hybridized carbons (Fsp3) is 0.353. The van der Waals surface area contributed by atoms with Crippen LogP contribution < -0.4 is 10.2 Å². The van der Waals surface area contributed by atoms with Gasteiger partial charge in [-0.1, -0.05) is 12.8 Å². The zero-order chi connectivity index (χ0) is 17.6. The monoisotopic (exact) mass is 359 g/mol. The number of nitrogens with zero attached hydrogens (tertiary/aromatic N) is 4. The molecule has 25 heavy (non-hydrogen) atoms. The summed E-state index contributed by atoms with van der Waals surface area (Å²) in [4.78, 5) is 22.9. The zero-order valence-corrected chi connectivity index (χ0v) is 14.9. The topological polar surface area (TPSA) is 70.6 Å². The molecule has 1 saturated heterocycles. The van der Waals surface area contributed by atoms with Gasteiger partial charge in [-0.25, -0.2) is 4.79 Å². The van der Waals surface area contributed by atoms with Gasteiger partial charge in [0.15, 0.2) is 0 Å². The van der Waals surface area contributed by atoms with E-state index >= 15 is 0 Å². The third kappa shape index (κ3) is 4.83. The van der Waals surface area contributed by atoms with Crippen molar-refractivity contribution in [2.75, 3.05) is 36.5 Å². The Morgan fingerprint density at radius 1 is 1.24 bits per heavy atom. The van der Waals surface area contributed by atoms with Crippen LogP contribution in [0.15, 0.2) is 36.7 Å². The molecule has 1 aliphatic heterocycles. The van der Waals surface area contributed by atoms with Crippen LogP contribution in [0.25, 0.3) is 0 Å². The summed E-state index contributed by atoms with van der Waals surface area (Å²) < 4.78 is 6.63. The highest BCUT2D eigenvalue weighted by Gasteiger charge is 2.13. The molecule has 1 aromatic carbocycles. The predicted molar refractivity (Wildman–Crippen MR) is 99.8 cm³/mol. The lowest BCUT2D eigenvalue weighted by Gasteiger charge is -2.29. The van der Waals surface area contributed by atoms with E-state index < -0.39 is 0 Å². The van der Waals surface area contributed by atoms with Gasteiger partial charge in [-0.15, -0.1) is 0 Å². The van der Waals surface area contributed by atoms with Crippen LogP contribution in [-0.2, 0) is 11.3 Å². The van der Waals surface area contributed by atoms with Crippen LogP contribution in [0.3, 0.4) is 0 Å². The average Bonchev–Trinajstić information content (AvgIpc) is 2.65. The number of aromatic nitrogens is 2. The minimum absolute atomic E-state index is 0.272. The van der Waals surface area contributed by atoms with Gasteiger partial charge in [0.25, 0.3) is 0 Å². The molecular weight excluding hydrogens is 338 g/mol. The number of thiol groups is 1. The summed E-state index contributed by atoms with van der Waals surface area (Å²) in [6, 6.07) is 7.45. The molecule has 0 saturated carbocycles. The normalized spacial score (nSPS) is 14.2. The van der Waals surface area contributed by atoms with E-state index in [1.807, 2.05) is 31.2 Å².